The third-order valence-corrected chi connectivity index (χ3v) is 2.23. The highest BCUT2D eigenvalue weighted by atomic mass is 19.4. The molecular weight excluding hydrogens is 269 g/mol. The van der Waals surface area contributed by atoms with E-state index < -0.39 is 29.7 Å². The fourth-order valence-electron chi connectivity index (χ4n) is 1.21. The van der Waals surface area contributed by atoms with E-state index in [1.165, 1.54) is 6.07 Å². The van der Waals surface area contributed by atoms with Gasteiger partial charge in [-0.15, -0.1) is 0 Å². The summed E-state index contributed by atoms with van der Waals surface area (Å²) in [5.74, 6) is -12.0. The Kier molecular flexibility index (Phi) is 3.62. The van der Waals surface area contributed by atoms with Crippen LogP contribution in [0.4, 0.5) is 30.7 Å². The molecule has 0 amide bonds. The zero-order chi connectivity index (χ0) is 14.2. The highest BCUT2D eigenvalue weighted by Gasteiger charge is 2.75. The van der Waals surface area contributed by atoms with Gasteiger partial charge >= 0.3 is 18.0 Å². The van der Waals surface area contributed by atoms with E-state index in [2.05, 4.69) is 0 Å². The molecule has 0 saturated carbocycles. The summed E-state index contributed by atoms with van der Waals surface area (Å²) in [5, 5.41) is 9.02. The predicted molar refractivity (Wildman–Crippen MR) is 47.4 cm³/mol. The average molecular weight is 276 g/mol. The van der Waals surface area contributed by atoms with Crippen LogP contribution in [0.5, 0.6) is 0 Å². The van der Waals surface area contributed by atoms with Crippen molar-refractivity contribution in [1.29, 1.82) is 0 Å². The van der Waals surface area contributed by atoms with Gasteiger partial charge in [-0.1, -0.05) is 30.3 Å². The molecule has 102 valence electrons. The molecule has 0 spiro atoms. The van der Waals surface area contributed by atoms with Crippen LogP contribution in [-0.2, 0) is 0 Å². The number of rotatable bonds is 3. The van der Waals surface area contributed by atoms with Crippen LogP contribution in [0.1, 0.15) is 11.7 Å². The molecule has 1 aromatic rings. The van der Waals surface area contributed by atoms with E-state index in [-0.39, 0.29) is 0 Å². The molecule has 18 heavy (non-hydrogen) atoms. The fourth-order valence-corrected chi connectivity index (χ4v) is 1.21. The van der Waals surface area contributed by atoms with Crippen molar-refractivity contribution in [2.75, 3.05) is 0 Å². The van der Waals surface area contributed by atoms with Crippen molar-refractivity contribution in [1.82, 2.24) is 0 Å². The molecule has 0 heterocycles. The molecule has 1 rings (SSSR count). The summed E-state index contributed by atoms with van der Waals surface area (Å²) in [4.78, 5) is 0. The third kappa shape index (κ3) is 2.29. The van der Waals surface area contributed by atoms with Gasteiger partial charge in [0.2, 0.25) is 0 Å². The first-order chi connectivity index (χ1) is 8.02. The SMILES string of the molecule is O[C@@H](c1ccccc1)C(F)(F)C(F)(F)C(F)(F)F. The molecule has 0 fully saturated rings. The number of hydrogen-bond acceptors (Lipinski definition) is 1. The second-order valence-corrected chi connectivity index (χ2v) is 3.51. The van der Waals surface area contributed by atoms with E-state index in [1.807, 2.05) is 0 Å². The summed E-state index contributed by atoms with van der Waals surface area (Å²) in [7, 11) is 0. The van der Waals surface area contributed by atoms with Gasteiger partial charge in [-0.05, 0) is 5.56 Å². The Bertz CT molecular complexity index is 398. The van der Waals surface area contributed by atoms with Gasteiger partial charge in [0, 0.05) is 0 Å². The molecule has 0 saturated heterocycles. The summed E-state index contributed by atoms with van der Waals surface area (Å²) >= 11 is 0. The van der Waals surface area contributed by atoms with Gasteiger partial charge in [-0.2, -0.15) is 30.7 Å². The first kappa shape index (κ1) is 14.7. The number of hydrogen-bond donors (Lipinski definition) is 1. The zero-order valence-electron chi connectivity index (χ0n) is 8.56. The Morgan fingerprint density at radius 2 is 1.28 bits per heavy atom. The molecule has 1 atom stereocenters. The van der Waals surface area contributed by atoms with Crippen molar-refractivity contribution in [3.8, 4) is 0 Å². The van der Waals surface area contributed by atoms with Crippen LogP contribution >= 0.6 is 0 Å². The largest absolute Gasteiger partial charge is 0.459 e. The standard InChI is InChI=1S/C10H7F7O/c11-8(12,9(13,14)10(15,16)17)7(18)6-4-2-1-3-5-6/h1-5,7,18H/t7-/m0/s1. The molecule has 1 aromatic carbocycles. The molecule has 0 aliphatic rings. The molecule has 0 aromatic heterocycles. The van der Waals surface area contributed by atoms with Crippen LogP contribution in [0.15, 0.2) is 30.3 Å². The Morgan fingerprint density at radius 3 is 1.67 bits per heavy atom. The minimum Gasteiger partial charge on any atom is -0.382 e. The minimum absolute atomic E-state index is 0.730. The normalized spacial score (nSPS) is 15.6. The third-order valence-electron chi connectivity index (χ3n) is 2.23. The van der Waals surface area contributed by atoms with Gasteiger partial charge < -0.3 is 5.11 Å². The molecular formula is C10H7F7O. The number of benzene rings is 1. The first-order valence-corrected chi connectivity index (χ1v) is 4.57. The maximum absolute atomic E-state index is 13.1. The van der Waals surface area contributed by atoms with E-state index in [4.69, 9.17) is 5.11 Å². The summed E-state index contributed by atoms with van der Waals surface area (Å²) in [6, 6.07) is 5.23. The average Bonchev–Trinajstić information content (AvgIpc) is 2.27. The molecule has 0 bridgehead atoms. The van der Waals surface area contributed by atoms with Crippen LogP contribution in [0.2, 0.25) is 0 Å². The summed E-state index contributed by atoms with van der Waals surface area (Å²) in [6.45, 7) is 0. The maximum Gasteiger partial charge on any atom is 0.459 e. The van der Waals surface area contributed by atoms with Crippen molar-refractivity contribution in [3.05, 3.63) is 35.9 Å². The van der Waals surface area contributed by atoms with Crippen molar-refractivity contribution < 1.29 is 35.8 Å². The van der Waals surface area contributed by atoms with Crippen molar-refractivity contribution in [3.63, 3.8) is 0 Å². The molecule has 0 radical (unpaired) electrons. The van der Waals surface area contributed by atoms with Gasteiger partial charge in [-0.3, -0.25) is 0 Å². The molecule has 0 aliphatic carbocycles. The Labute approximate surface area is 96.8 Å². The lowest BCUT2D eigenvalue weighted by Crippen LogP contribution is -2.54. The summed E-state index contributed by atoms with van der Waals surface area (Å²) in [5.41, 5.74) is -0.730. The number of aliphatic hydroxyl groups excluding tert-OH is 1. The van der Waals surface area contributed by atoms with E-state index in [0.29, 0.717) is 0 Å². The van der Waals surface area contributed by atoms with Crippen molar-refractivity contribution in [2.24, 2.45) is 0 Å². The first-order valence-electron chi connectivity index (χ1n) is 4.57. The monoisotopic (exact) mass is 276 g/mol. The fraction of sp³-hybridized carbons (Fsp3) is 0.400. The molecule has 0 aliphatic heterocycles. The van der Waals surface area contributed by atoms with Crippen molar-refractivity contribution in [2.45, 2.75) is 24.1 Å². The molecule has 1 nitrogen and oxygen atoms in total. The highest BCUT2D eigenvalue weighted by molar-refractivity contribution is 5.21. The minimum atomic E-state index is -6.45. The Morgan fingerprint density at radius 1 is 0.833 bits per heavy atom. The summed E-state index contributed by atoms with van der Waals surface area (Å²) in [6.07, 6.45) is -9.71. The van der Waals surface area contributed by atoms with Crippen LogP contribution in [0.25, 0.3) is 0 Å². The van der Waals surface area contributed by atoms with E-state index in [0.717, 1.165) is 24.3 Å². The smallest absolute Gasteiger partial charge is 0.382 e. The number of halogens is 7. The topological polar surface area (TPSA) is 20.2 Å². The van der Waals surface area contributed by atoms with Crippen molar-refractivity contribution >= 4 is 0 Å². The van der Waals surface area contributed by atoms with Crippen LogP contribution < -0.4 is 0 Å². The lowest BCUT2D eigenvalue weighted by molar-refractivity contribution is -0.372. The number of alkyl halides is 7. The quantitative estimate of drug-likeness (QED) is 0.837. The lowest BCUT2D eigenvalue weighted by Gasteiger charge is -2.31. The Hall–Kier alpha value is -1.31. The van der Waals surface area contributed by atoms with Crippen LogP contribution in [0.3, 0.4) is 0 Å². The van der Waals surface area contributed by atoms with Crippen LogP contribution in [-0.4, -0.2) is 23.1 Å². The van der Waals surface area contributed by atoms with E-state index >= 15 is 0 Å². The lowest BCUT2D eigenvalue weighted by atomic mass is 9.98. The van der Waals surface area contributed by atoms with E-state index in [9.17, 15) is 30.7 Å². The van der Waals surface area contributed by atoms with E-state index in [1.54, 1.807) is 0 Å². The van der Waals surface area contributed by atoms with Gasteiger partial charge in [0.15, 0.2) is 0 Å². The van der Waals surface area contributed by atoms with Crippen LogP contribution in [0, 0.1) is 0 Å². The van der Waals surface area contributed by atoms with Gasteiger partial charge in [-0.25, -0.2) is 0 Å². The maximum atomic E-state index is 13.1. The highest BCUT2D eigenvalue weighted by Crippen LogP contribution is 2.51. The molecule has 0 unspecified atom stereocenters. The van der Waals surface area contributed by atoms with Gasteiger partial charge in [0.25, 0.3) is 0 Å². The van der Waals surface area contributed by atoms with Gasteiger partial charge in [0.1, 0.15) is 6.10 Å². The zero-order valence-corrected chi connectivity index (χ0v) is 8.56. The molecule has 8 heteroatoms. The second kappa shape index (κ2) is 4.42. The predicted octanol–water partition coefficient (Wildman–Crippen LogP) is 3.55. The summed E-state index contributed by atoms with van der Waals surface area (Å²) < 4.78 is 86.9. The van der Waals surface area contributed by atoms with Gasteiger partial charge in [0.05, 0.1) is 0 Å². The second-order valence-electron chi connectivity index (χ2n) is 3.51. The Balaban J connectivity index is 3.15. The molecule has 1 N–H and O–H groups in total. The number of aliphatic hydroxyl groups is 1.